The Hall–Kier alpha value is -2.50. The van der Waals surface area contributed by atoms with E-state index < -0.39 is 0 Å². The van der Waals surface area contributed by atoms with E-state index in [1.54, 1.807) is 0 Å². The fraction of sp³-hybridized carbons (Fsp3) is 0.375. The van der Waals surface area contributed by atoms with E-state index in [4.69, 9.17) is 9.97 Å². The van der Waals surface area contributed by atoms with Gasteiger partial charge in [0, 0.05) is 68.5 Å². The Morgan fingerprint density at radius 1 is 0.466 bits per heavy atom. The van der Waals surface area contributed by atoms with Gasteiger partial charge in [0.25, 0.3) is 0 Å². The second-order valence-corrected chi connectivity index (χ2v) is 15.7. The van der Waals surface area contributed by atoms with Crippen molar-refractivity contribution < 1.29 is 83.8 Å². The number of hydrogen-bond acceptors (Lipinski definition) is 2. The number of pyridine rings is 2. The monoisotopic (exact) mass is 958 g/mol. The van der Waals surface area contributed by atoms with Crippen LogP contribution in [-0.4, -0.2) is 22.4 Å². The molecule has 324 valence electrons. The summed E-state index contributed by atoms with van der Waals surface area (Å²) in [5, 5.41) is 0. The van der Waals surface area contributed by atoms with Crippen LogP contribution in [0.15, 0.2) is 85.2 Å². The minimum absolute atomic E-state index is 0. The number of rotatable bonds is 11. The van der Waals surface area contributed by atoms with Crippen LogP contribution in [0.25, 0.3) is 22.3 Å². The van der Waals surface area contributed by atoms with Crippen molar-refractivity contribution >= 4 is 35.4 Å². The van der Waals surface area contributed by atoms with Crippen molar-refractivity contribution in [2.45, 2.75) is 120 Å². The summed E-state index contributed by atoms with van der Waals surface area (Å²) in [6.45, 7) is 29.7. The van der Waals surface area contributed by atoms with Crippen molar-refractivity contribution in [3.05, 3.63) is 119 Å². The average molecular weight is 962 g/mol. The molecule has 0 spiro atoms. The summed E-state index contributed by atoms with van der Waals surface area (Å²) in [5.74, 6) is 3.53. The van der Waals surface area contributed by atoms with Gasteiger partial charge < -0.3 is 49.6 Å². The van der Waals surface area contributed by atoms with Gasteiger partial charge in [0.1, 0.15) is 23.8 Å². The van der Waals surface area contributed by atoms with Crippen LogP contribution < -0.4 is 58.8 Å². The molecule has 0 aliphatic heterocycles. The van der Waals surface area contributed by atoms with Crippen molar-refractivity contribution in [3.8, 4) is 22.3 Å². The molecule has 0 atom stereocenters. The van der Waals surface area contributed by atoms with Crippen molar-refractivity contribution in [1.82, 2.24) is 19.1 Å². The van der Waals surface area contributed by atoms with E-state index in [1.807, 2.05) is 24.5 Å². The van der Waals surface area contributed by atoms with E-state index in [-0.39, 0.29) is 83.8 Å². The van der Waals surface area contributed by atoms with E-state index in [1.165, 1.54) is 67.0 Å². The first-order valence-electron chi connectivity index (χ1n) is 19.3. The topological polar surface area (TPSA) is 31.8 Å². The van der Waals surface area contributed by atoms with Gasteiger partial charge in [0.2, 0.25) is 0 Å². The van der Waals surface area contributed by atoms with Gasteiger partial charge in [-0.1, -0.05) is 93.5 Å². The average Bonchev–Trinajstić information content (AvgIpc) is 3.12. The maximum Gasteiger partial charge on any atom is 0.327 e. The summed E-state index contributed by atoms with van der Waals surface area (Å²) >= 11 is 0. The quantitative estimate of drug-likeness (QED) is 0.115. The molecule has 0 bridgehead atoms. The largest absolute Gasteiger partial charge is 1.00 e. The fourth-order valence-corrected chi connectivity index (χ4v) is 7.40. The Morgan fingerprint density at radius 3 is 1.00 bits per heavy atom. The Bertz CT molecular complexity index is 1910. The van der Waals surface area contributed by atoms with Gasteiger partial charge in [-0.2, -0.15) is 0 Å². The molecule has 4 nitrogen and oxygen atoms in total. The van der Waals surface area contributed by atoms with Crippen LogP contribution in [0.1, 0.15) is 146 Å². The SMILES string of the molecule is CC=[N+](c1ccccn1)c1c(C(C)C)cc(-c2cc(C(C)C)cc(-c3cc(C(C)C)c([N+](=CC)c4ccccn4)c(C(C)C)c3)c2C)cc1C(C)C.[Cl-].[Cl-].[Cl-].[Cl-].[Cu].[Cu]. The smallest absolute Gasteiger partial charge is 0.327 e. The molecule has 0 N–H and O–H groups in total. The van der Waals surface area contributed by atoms with Crippen molar-refractivity contribution in [2.24, 2.45) is 0 Å². The number of hydrogen-bond donors (Lipinski definition) is 0. The molecule has 5 aromatic rings. The van der Waals surface area contributed by atoms with Gasteiger partial charge in [0.05, 0.1) is 12.4 Å². The Labute approximate surface area is 395 Å². The molecular weight excluding hydrogens is 901 g/mol. The first-order chi connectivity index (χ1) is 24.8. The van der Waals surface area contributed by atoms with Gasteiger partial charge in [-0.05, 0) is 130 Å². The van der Waals surface area contributed by atoms with Crippen LogP contribution in [0.4, 0.5) is 23.0 Å². The number of halogens is 4. The van der Waals surface area contributed by atoms with Crippen molar-refractivity contribution in [1.29, 1.82) is 0 Å². The first-order valence-corrected chi connectivity index (χ1v) is 19.3. The second-order valence-electron chi connectivity index (χ2n) is 15.7. The Kier molecular flexibility index (Phi) is 25.1. The molecule has 58 heavy (non-hydrogen) atoms. The number of benzene rings is 3. The molecule has 0 unspecified atom stereocenters. The number of nitrogens with zero attached hydrogens (tertiary/aromatic N) is 4. The molecule has 0 amide bonds. The van der Waals surface area contributed by atoms with E-state index >= 15 is 0 Å². The Balaban J connectivity index is 0. The van der Waals surface area contributed by atoms with Crippen molar-refractivity contribution in [3.63, 3.8) is 0 Å². The molecule has 0 saturated heterocycles. The zero-order valence-corrected chi connectivity index (χ0v) is 40.9. The van der Waals surface area contributed by atoms with Gasteiger partial charge in [0.15, 0.2) is 0 Å². The molecule has 3 aromatic carbocycles. The summed E-state index contributed by atoms with van der Waals surface area (Å²) < 4.78 is 4.56. The predicted octanol–water partition coefficient (Wildman–Crippen LogP) is 1.60. The molecule has 0 saturated carbocycles. The third-order valence-electron chi connectivity index (χ3n) is 10.3. The van der Waals surface area contributed by atoms with E-state index in [0.717, 1.165) is 11.6 Å². The predicted molar refractivity (Wildman–Crippen MR) is 227 cm³/mol. The van der Waals surface area contributed by atoms with Gasteiger partial charge in [-0.3, -0.25) is 0 Å². The minimum Gasteiger partial charge on any atom is -1.00 e. The zero-order valence-electron chi connectivity index (χ0n) is 36.0. The van der Waals surface area contributed by atoms with Crippen LogP contribution in [0.5, 0.6) is 0 Å². The maximum absolute atomic E-state index is 4.76. The molecular formula is C48H60Cl4Cu2N4-2. The second kappa shape index (κ2) is 25.3. The summed E-state index contributed by atoms with van der Waals surface area (Å²) in [7, 11) is 0. The molecule has 0 fully saturated rings. The van der Waals surface area contributed by atoms with Gasteiger partial charge in [-0.25, -0.2) is 9.15 Å². The van der Waals surface area contributed by atoms with Crippen LogP contribution in [0, 0.1) is 6.92 Å². The normalized spacial score (nSPS) is 11.3. The zero-order chi connectivity index (χ0) is 37.9. The number of aromatic nitrogens is 2. The molecule has 2 heterocycles. The van der Waals surface area contributed by atoms with E-state index in [0.29, 0.717) is 29.6 Å². The van der Waals surface area contributed by atoms with E-state index in [2.05, 4.69) is 172 Å². The van der Waals surface area contributed by atoms with Crippen LogP contribution in [0.3, 0.4) is 0 Å². The van der Waals surface area contributed by atoms with Crippen LogP contribution in [0.2, 0.25) is 0 Å². The fourth-order valence-electron chi connectivity index (χ4n) is 7.40. The minimum atomic E-state index is 0. The molecule has 0 aliphatic carbocycles. The van der Waals surface area contributed by atoms with Crippen molar-refractivity contribution in [2.75, 3.05) is 0 Å². The van der Waals surface area contributed by atoms with Gasteiger partial charge in [-0.15, -0.1) is 0 Å². The summed E-state index contributed by atoms with van der Waals surface area (Å²) in [4.78, 5) is 9.53. The summed E-state index contributed by atoms with van der Waals surface area (Å²) in [6.07, 6.45) is 8.08. The van der Waals surface area contributed by atoms with Gasteiger partial charge >= 0.3 is 11.6 Å². The summed E-state index contributed by atoms with van der Waals surface area (Å²) in [6, 6.07) is 27.0. The maximum atomic E-state index is 4.76. The third kappa shape index (κ3) is 12.3. The third-order valence-corrected chi connectivity index (χ3v) is 10.3. The molecule has 2 aromatic heterocycles. The molecule has 2 radical (unpaired) electrons. The summed E-state index contributed by atoms with van der Waals surface area (Å²) in [5.41, 5.74) is 15.7. The first kappa shape index (κ1) is 57.6. The van der Waals surface area contributed by atoms with Crippen LogP contribution in [-0.2, 0) is 34.1 Å². The Morgan fingerprint density at radius 2 is 0.776 bits per heavy atom. The standard InChI is InChI=1S/C48H60N4.4ClH.2Cu/c1-14-51(45-20-16-18-22-49-45)47-39(31(5)6)26-37(27-40(47)32(7)8)43-24-36(30(3)4)25-44(35(43)13)38-28-41(33(9)10)48(42(29-38)34(11)12)52(15-2)46-21-17-19-23-50-46;;;;;;/h14-34H,1-13H3;4*1H;;/q+2;;;;;;/p-4. The molecule has 5 rings (SSSR count). The van der Waals surface area contributed by atoms with E-state index in [9.17, 15) is 0 Å². The molecule has 10 heteroatoms. The molecule has 0 aliphatic rings. The van der Waals surface area contributed by atoms with Crippen LogP contribution >= 0.6 is 0 Å².